The molecule has 2 heterocycles. The Morgan fingerprint density at radius 2 is 1.62 bits per heavy atom. The second-order valence-corrected chi connectivity index (χ2v) is 5.91. The zero-order valence-corrected chi connectivity index (χ0v) is 13.4. The minimum Gasteiger partial charge on any atom is -0.467 e. The Morgan fingerprint density at radius 3 is 2.33 bits per heavy atom. The summed E-state index contributed by atoms with van der Waals surface area (Å²) < 4.78 is 5.53. The minimum atomic E-state index is -0.365. The van der Waals surface area contributed by atoms with Gasteiger partial charge < -0.3 is 14.2 Å². The van der Waals surface area contributed by atoms with E-state index in [1.54, 1.807) is 11.2 Å². The van der Waals surface area contributed by atoms with Crippen LogP contribution in [0.15, 0.2) is 77.4 Å². The van der Waals surface area contributed by atoms with Crippen LogP contribution in [0, 0.1) is 0 Å². The fraction of sp³-hybridized carbons (Fsp3) is 0.150. The van der Waals surface area contributed by atoms with E-state index in [0.717, 1.165) is 22.7 Å². The van der Waals surface area contributed by atoms with Gasteiger partial charge in [-0.2, -0.15) is 0 Å². The molecule has 4 nitrogen and oxygen atoms in total. The summed E-state index contributed by atoms with van der Waals surface area (Å²) in [6.07, 6.45) is 1.66. The van der Waals surface area contributed by atoms with E-state index in [4.69, 9.17) is 4.42 Å². The molecule has 1 aromatic heterocycles. The first kappa shape index (κ1) is 14.6. The van der Waals surface area contributed by atoms with Gasteiger partial charge in [-0.3, -0.25) is 4.79 Å². The van der Waals surface area contributed by atoms with Crippen LogP contribution in [-0.4, -0.2) is 13.0 Å². The van der Waals surface area contributed by atoms with E-state index in [1.807, 2.05) is 67.7 Å². The van der Waals surface area contributed by atoms with Crippen LogP contribution in [0.2, 0.25) is 0 Å². The molecule has 0 spiro atoms. The van der Waals surface area contributed by atoms with Crippen molar-refractivity contribution in [2.24, 2.45) is 0 Å². The van der Waals surface area contributed by atoms with Gasteiger partial charge >= 0.3 is 0 Å². The Hall–Kier alpha value is -3.01. The number of hydrogen-bond acceptors (Lipinski definition) is 3. The highest BCUT2D eigenvalue weighted by molar-refractivity contribution is 6.05. The van der Waals surface area contributed by atoms with E-state index < -0.39 is 0 Å². The molecule has 4 rings (SSSR count). The van der Waals surface area contributed by atoms with Gasteiger partial charge in [0.25, 0.3) is 5.91 Å². The molecule has 2 aromatic carbocycles. The van der Waals surface area contributed by atoms with Crippen LogP contribution in [0.1, 0.15) is 17.4 Å². The summed E-state index contributed by atoms with van der Waals surface area (Å²) in [5, 5.41) is 0. The Kier molecular flexibility index (Phi) is 3.58. The molecule has 120 valence electrons. The second-order valence-electron chi connectivity index (χ2n) is 5.91. The number of hydrogen-bond donors (Lipinski definition) is 0. The molecule has 1 atom stereocenters. The summed E-state index contributed by atoms with van der Waals surface area (Å²) in [6.45, 7) is 0.545. The van der Waals surface area contributed by atoms with Crippen molar-refractivity contribution < 1.29 is 9.21 Å². The standard InChI is InChI=1S/C20H18N2O2/c1-21-17-11-5-6-12-18(17)22(14-16-10-7-13-24-16)19(20(21)23)15-8-3-2-4-9-15/h2-13,19H,14H2,1H3. The summed E-state index contributed by atoms with van der Waals surface area (Å²) in [6, 6.07) is 21.3. The molecule has 3 aromatic rings. The van der Waals surface area contributed by atoms with E-state index in [2.05, 4.69) is 11.0 Å². The number of likely N-dealkylation sites (N-methyl/N-ethyl adjacent to an activating group) is 1. The molecule has 0 aliphatic carbocycles. The number of carbonyl (C=O) groups excluding carboxylic acids is 1. The Morgan fingerprint density at radius 1 is 0.917 bits per heavy atom. The second kappa shape index (κ2) is 5.89. The van der Waals surface area contributed by atoms with E-state index in [9.17, 15) is 4.79 Å². The third-order valence-electron chi connectivity index (χ3n) is 4.45. The van der Waals surface area contributed by atoms with Crippen molar-refractivity contribution in [1.29, 1.82) is 0 Å². The Bertz CT molecular complexity index is 843. The molecule has 0 radical (unpaired) electrons. The van der Waals surface area contributed by atoms with Crippen LogP contribution in [0.4, 0.5) is 11.4 Å². The predicted molar refractivity (Wildman–Crippen MR) is 93.9 cm³/mol. The third kappa shape index (κ3) is 2.36. The van der Waals surface area contributed by atoms with Crippen LogP contribution in [0.5, 0.6) is 0 Å². The van der Waals surface area contributed by atoms with Gasteiger partial charge in [0.05, 0.1) is 24.2 Å². The molecule has 1 aliphatic heterocycles. The molecule has 0 saturated carbocycles. The molecule has 1 aliphatic rings. The van der Waals surface area contributed by atoms with Gasteiger partial charge in [0.2, 0.25) is 0 Å². The van der Waals surface area contributed by atoms with Crippen molar-refractivity contribution >= 4 is 17.3 Å². The quantitative estimate of drug-likeness (QED) is 0.732. The molecular weight excluding hydrogens is 300 g/mol. The Balaban J connectivity index is 1.85. The zero-order chi connectivity index (χ0) is 16.5. The van der Waals surface area contributed by atoms with Gasteiger partial charge in [-0.05, 0) is 29.8 Å². The summed E-state index contributed by atoms with van der Waals surface area (Å²) in [5.74, 6) is 0.898. The zero-order valence-electron chi connectivity index (χ0n) is 13.4. The normalized spacial score (nSPS) is 17.0. The number of amides is 1. The summed E-state index contributed by atoms with van der Waals surface area (Å²) in [5.41, 5.74) is 2.93. The molecule has 0 fully saturated rings. The molecule has 0 bridgehead atoms. The van der Waals surface area contributed by atoms with Crippen LogP contribution in [0.3, 0.4) is 0 Å². The van der Waals surface area contributed by atoms with Crippen molar-refractivity contribution in [3.05, 3.63) is 84.3 Å². The van der Waals surface area contributed by atoms with Crippen LogP contribution < -0.4 is 9.80 Å². The van der Waals surface area contributed by atoms with Crippen LogP contribution >= 0.6 is 0 Å². The number of furan rings is 1. The fourth-order valence-corrected chi connectivity index (χ4v) is 3.27. The lowest BCUT2D eigenvalue weighted by Crippen LogP contribution is -2.46. The molecule has 24 heavy (non-hydrogen) atoms. The maximum Gasteiger partial charge on any atom is 0.254 e. The van der Waals surface area contributed by atoms with E-state index in [0.29, 0.717) is 6.54 Å². The average molecular weight is 318 g/mol. The smallest absolute Gasteiger partial charge is 0.254 e. The first-order valence-corrected chi connectivity index (χ1v) is 7.96. The number of anilines is 2. The monoisotopic (exact) mass is 318 g/mol. The number of para-hydroxylation sites is 2. The van der Waals surface area contributed by atoms with Gasteiger partial charge in [0, 0.05) is 7.05 Å². The lowest BCUT2D eigenvalue weighted by atomic mass is 9.99. The lowest BCUT2D eigenvalue weighted by Gasteiger charge is -2.41. The number of benzene rings is 2. The van der Waals surface area contributed by atoms with Crippen molar-refractivity contribution in [3.63, 3.8) is 0 Å². The average Bonchev–Trinajstić information content (AvgIpc) is 3.14. The van der Waals surface area contributed by atoms with Gasteiger partial charge in [0.1, 0.15) is 11.8 Å². The maximum absolute atomic E-state index is 13.1. The number of fused-ring (bicyclic) bond motifs is 1. The fourth-order valence-electron chi connectivity index (χ4n) is 3.27. The summed E-state index contributed by atoms with van der Waals surface area (Å²) in [4.78, 5) is 16.9. The van der Waals surface area contributed by atoms with Crippen molar-refractivity contribution in [3.8, 4) is 0 Å². The summed E-state index contributed by atoms with van der Waals surface area (Å²) >= 11 is 0. The van der Waals surface area contributed by atoms with Crippen molar-refractivity contribution in [2.75, 3.05) is 16.8 Å². The highest BCUT2D eigenvalue weighted by atomic mass is 16.3. The SMILES string of the molecule is CN1C(=O)C(c2ccccc2)N(Cc2ccco2)c2ccccc21. The third-order valence-corrected chi connectivity index (χ3v) is 4.45. The molecule has 1 unspecified atom stereocenters. The van der Waals surface area contributed by atoms with E-state index in [-0.39, 0.29) is 11.9 Å². The van der Waals surface area contributed by atoms with Crippen molar-refractivity contribution in [2.45, 2.75) is 12.6 Å². The van der Waals surface area contributed by atoms with E-state index >= 15 is 0 Å². The highest BCUT2D eigenvalue weighted by Gasteiger charge is 2.37. The van der Waals surface area contributed by atoms with Gasteiger partial charge in [-0.15, -0.1) is 0 Å². The molecule has 4 heteroatoms. The van der Waals surface area contributed by atoms with E-state index in [1.165, 1.54) is 0 Å². The number of nitrogens with zero attached hydrogens (tertiary/aromatic N) is 2. The van der Waals surface area contributed by atoms with Gasteiger partial charge in [-0.1, -0.05) is 42.5 Å². The van der Waals surface area contributed by atoms with Crippen LogP contribution in [0.25, 0.3) is 0 Å². The van der Waals surface area contributed by atoms with Gasteiger partial charge in [-0.25, -0.2) is 0 Å². The highest BCUT2D eigenvalue weighted by Crippen LogP contribution is 2.41. The first-order valence-electron chi connectivity index (χ1n) is 7.96. The molecular formula is C20H18N2O2. The van der Waals surface area contributed by atoms with Crippen molar-refractivity contribution in [1.82, 2.24) is 0 Å². The van der Waals surface area contributed by atoms with Gasteiger partial charge in [0.15, 0.2) is 0 Å². The lowest BCUT2D eigenvalue weighted by molar-refractivity contribution is -0.120. The number of carbonyl (C=O) groups is 1. The maximum atomic E-state index is 13.1. The predicted octanol–water partition coefficient (Wildman–Crippen LogP) is 4.00. The number of rotatable bonds is 3. The molecule has 1 amide bonds. The Labute approximate surface area is 140 Å². The molecule has 0 saturated heterocycles. The molecule has 0 N–H and O–H groups in total. The minimum absolute atomic E-state index is 0.0615. The van der Waals surface area contributed by atoms with Crippen LogP contribution in [-0.2, 0) is 11.3 Å². The first-order chi connectivity index (χ1) is 11.8. The largest absolute Gasteiger partial charge is 0.467 e. The topological polar surface area (TPSA) is 36.7 Å². The summed E-state index contributed by atoms with van der Waals surface area (Å²) in [7, 11) is 1.83.